The Bertz CT molecular complexity index is 1520. The van der Waals surface area contributed by atoms with Crippen LogP contribution in [0.4, 0.5) is 5.13 Å². The lowest BCUT2D eigenvalue weighted by Gasteiger charge is -2.49. The fraction of sp³-hybridized carbons (Fsp3) is 0.286. The van der Waals surface area contributed by atoms with Gasteiger partial charge in [-0.05, 0) is 28.1 Å². The summed E-state index contributed by atoms with van der Waals surface area (Å²) >= 11 is 5.76. The number of carboxylic acids is 1. The predicted octanol–water partition coefficient (Wildman–Crippen LogP) is 0.521. The number of carboxylic acid groups (broad SMARTS) is 1. The second-order valence-corrected chi connectivity index (χ2v) is 10.8. The zero-order valence-electron chi connectivity index (χ0n) is 19.4. The number of nitrogen functional groups attached to an aromatic ring is 1. The van der Waals surface area contributed by atoms with Gasteiger partial charge in [0.25, 0.3) is 11.8 Å². The number of aromatic nitrogens is 4. The predicted molar refractivity (Wildman–Crippen MR) is 138 cm³/mol. The molecule has 37 heavy (non-hydrogen) atoms. The Labute approximate surface area is 226 Å². The van der Waals surface area contributed by atoms with Gasteiger partial charge in [0.15, 0.2) is 17.9 Å². The highest BCUT2D eigenvalue weighted by molar-refractivity contribution is 9.10. The number of thioether (sulfide) groups is 1. The summed E-state index contributed by atoms with van der Waals surface area (Å²) in [6.07, 6.45) is 3.75. The summed E-state index contributed by atoms with van der Waals surface area (Å²) in [7, 11) is 1.26. The molecule has 2 aliphatic rings. The minimum absolute atomic E-state index is 0.0328. The van der Waals surface area contributed by atoms with E-state index in [9.17, 15) is 19.5 Å². The number of aryl methyl sites for hydroxylation is 1. The molecule has 0 saturated carbocycles. The van der Waals surface area contributed by atoms with Crippen molar-refractivity contribution in [3.8, 4) is 0 Å². The van der Waals surface area contributed by atoms with E-state index in [-0.39, 0.29) is 22.4 Å². The summed E-state index contributed by atoms with van der Waals surface area (Å²) in [6.45, 7) is 2.25. The number of aliphatic carboxylic acids is 1. The van der Waals surface area contributed by atoms with Crippen LogP contribution in [0.15, 0.2) is 45.6 Å². The van der Waals surface area contributed by atoms with E-state index < -0.39 is 29.2 Å². The second-order valence-electron chi connectivity index (χ2n) is 8.12. The maximum absolute atomic E-state index is 13.1. The molecule has 0 spiro atoms. The monoisotopic (exact) mass is 607 g/mol. The summed E-state index contributed by atoms with van der Waals surface area (Å²) < 4.78 is 8.80. The van der Waals surface area contributed by atoms with Gasteiger partial charge in [-0.2, -0.15) is 13.9 Å². The summed E-state index contributed by atoms with van der Waals surface area (Å²) in [5.41, 5.74) is 7.80. The van der Waals surface area contributed by atoms with E-state index in [0.29, 0.717) is 17.9 Å². The van der Waals surface area contributed by atoms with Gasteiger partial charge in [-0.1, -0.05) is 5.16 Å². The third-order valence-electron chi connectivity index (χ3n) is 6.01. The largest absolute Gasteiger partial charge is 0.477 e. The van der Waals surface area contributed by atoms with E-state index >= 15 is 0 Å². The summed E-state index contributed by atoms with van der Waals surface area (Å²) in [5.74, 6) is -2.13. The van der Waals surface area contributed by atoms with Crippen LogP contribution < -0.4 is 15.6 Å². The number of carbonyl (C=O) groups is 3. The van der Waals surface area contributed by atoms with E-state index in [1.807, 2.05) is 40.4 Å². The minimum atomic E-state index is -1.20. The Balaban J connectivity index is 1.38. The lowest BCUT2D eigenvalue weighted by atomic mass is 10.0. The number of hydrogen-bond donors (Lipinski definition) is 3. The smallest absolute Gasteiger partial charge is 0.352 e. The van der Waals surface area contributed by atoms with Gasteiger partial charge in [0.1, 0.15) is 29.7 Å². The van der Waals surface area contributed by atoms with Crippen molar-refractivity contribution in [3.05, 3.63) is 51.9 Å². The van der Waals surface area contributed by atoms with Crippen LogP contribution >= 0.6 is 39.2 Å². The highest BCUT2D eigenvalue weighted by Crippen LogP contribution is 2.40. The van der Waals surface area contributed by atoms with E-state index in [4.69, 9.17) is 10.6 Å². The molecule has 3 aromatic heterocycles. The SMILES string of the molecule is CON=C(C(=O)N[C@@H]1C(=O)N2C(C(=O)O)=C(C[n+]3ccn4c(Br)ccc4c3C)CS[C@@H]12)c1nsc(N)n1. The molecule has 0 bridgehead atoms. The van der Waals surface area contributed by atoms with Crippen molar-refractivity contribution in [2.75, 3.05) is 18.6 Å². The molecule has 0 aliphatic carbocycles. The molecule has 16 heteroatoms. The lowest BCUT2D eigenvalue weighted by molar-refractivity contribution is -0.694. The molecule has 5 heterocycles. The number of rotatable bonds is 7. The molecule has 13 nitrogen and oxygen atoms in total. The van der Waals surface area contributed by atoms with Crippen LogP contribution in [0, 0.1) is 6.92 Å². The topological polar surface area (TPSA) is 168 Å². The number of carbonyl (C=O) groups excluding carboxylic acids is 2. The Morgan fingerprint density at radius 1 is 1.43 bits per heavy atom. The Hall–Kier alpha value is -3.50. The van der Waals surface area contributed by atoms with Gasteiger partial charge in [0, 0.05) is 29.8 Å². The van der Waals surface area contributed by atoms with Crippen molar-refractivity contribution in [3.63, 3.8) is 0 Å². The standard InChI is InChI=1S/C21H19BrN8O5S2/c1-9-11-3-4-12(22)29(11)6-5-28(9)7-10-8-36-19-14(18(32)30(19)15(10)20(33)34)24-17(31)13(26-35-2)16-25-21(23)37-27-16/h3-6,14,19H,7-8H2,1-2H3,(H3-,23,24,25,27,31,33,34)/p+1/t14-,19+/m1/s1. The first-order chi connectivity index (χ1) is 17.7. The van der Waals surface area contributed by atoms with Crippen molar-refractivity contribution in [1.82, 2.24) is 24.0 Å². The number of anilines is 1. The molecule has 5 rings (SSSR count). The normalized spacial score (nSPS) is 19.6. The first kappa shape index (κ1) is 25.2. The molecule has 1 fully saturated rings. The number of hydrogen-bond acceptors (Lipinski definition) is 10. The van der Waals surface area contributed by atoms with Crippen LogP contribution in [-0.2, 0) is 25.8 Å². The van der Waals surface area contributed by atoms with Gasteiger partial charge in [0.2, 0.25) is 17.2 Å². The molecular weight excluding hydrogens is 588 g/mol. The highest BCUT2D eigenvalue weighted by atomic mass is 79.9. The lowest BCUT2D eigenvalue weighted by Crippen LogP contribution is -2.71. The van der Waals surface area contributed by atoms with Crippen molar-refractivity contribution in [1.29, 1.82) is 0 Å². The Morgan fingerprint density at radius 3 is 2.89 bits per heavy atom. The summed E-state index contributed by atoms with van der Waals surface area (Å²) in [4.78, 5) is 48.1. The van der Waals surface area contributed by atoms with Crippen molar-refractivity contribution < 1.29 is 28.9 Å². The molecule has 0 unspecified atom stereocenters. The van der Waals surface area contributed by atoms with Crippen LogP contribution in [0.1, 0.15) is 11.5 Å². The minimum Gasteiger partial charge on any atom is -0.477 e. The number of nitrogens with two attached hydrogens (primary N) is 1. The Morgan fingerprint density at radius 2 is 2.22 bits per heavy atom. The van der Waals surface area contributed by atoms with Gasteiger partial charge in [-0.25, -0.2) is 4.79 Å². The average Bonchev–Trinajstić information content (AvgIpc) is 3.47. The fourth-order valence-electron chi connectivity index (χ4n) is 4.27. The van der Waals surface area contributed by atoms with E-state index in [0.717, 1.165) is 27.3 Å². The van der Waals surface area contributed by atoms with Crippen LogP contribution in [0.3, 0.4) is 0 Å². The zero-order chi connectivity index (χ0) is 26.4. The number of nitrogens with zero attached hydrogens (tertiary/aromatic N) is 6. The maximum Gasteiger partial charge on any atom is 0.352 e. The molecular formula is C21H20BrN8O5S2+. The van der Waals surface area contributed by atoms with Crippen LogP contribution in [0.2, 0.25) is 0 Å². The average molecular weight is 608 g/mol. The van der Waals surface area contributed by atoms with E-state index in [2.05, 4.69) is 35.8 Å². The highest BCUT2D eigenvalue weighted by Gasteiger charge is 2.55. The van der Waals surface area contributed by atoms with Gasteiger partial charge >= 0.3 is 5.97 Å². The third kappa shape index (κ3) is 4.34. The van der Waals surface area contributed by atoms with Crippen LogP contribution in [-0.4, -0.2) is 71.5 Å². The number of oxime groups is 1. The number of halogens is 1. The zero-order valence-corrected chi connectivity index (χ0v) is 22.6. The van der Waals surface area contributed by atoms with E-state index in [1.54, 1.807) is 0 Å². The molecule has 2 amide bonds. The molecule has 3 aromatic rings. The number of amides is 2. The van der Waals surface area contributed by atoms with Crippen molar-refractivity contribution in [2.45, 2.75) is 24.9 Å². The summed E-state index contributed by atoms with van der Waals surface area (Å²) in [5, 5.41) is 15.9. The Kier molecular flexibility index (Phi) is 6.63. The maximum atomic E-state index is 13.1. The van der Waals surface area contributed by atoms with Gasteiger partial charge in [-0.15, -0.1) is 11.8 Å². The second kappa shape index (κ2) is 9.75. The first-order valence-electron chi connectivity index (χ1n) is 10.8. The van der Waals surface area contributed by atoms with Crippen molar-refractivity contribution >= 4 is 73.4 Å². The molecule has 2 atom stereocenters. The molecule has 2 aliphatic heterocycles. The van der Waals surface area contributed by atoms with Gasteiger partial charge < -0.3 is 21.0 Å². The first-order valence-corrected chi connectivity index (χ1v) is 13.4. The molecule has 1 saturated heterocycles. The number of β-lactam (4-membered cyclic amide) rings is 1. The number of fused-ring (bicyclic) bond motifs is 2. The van der Waals surface area contributed by atoms with Crippen molar-refractivity contribution in [2.24, 2.45) is 5.16 Å². The third-order valence-corrected chi connectivity index (χ3v) is 8.54. The van der Waals surface area contributed by atoms with Gasteiger partial charge in [0.05, 0.1) is 10.8 Å². The van der Waals surface area contributed by atoms with Crippen LogP contribution in [0.5, 0.6) is 0 Å². The number of nitrogens with one attached hydrogen (secondary N) is 1. The summed E-state index contributed by atoms with van der Waals surface area (Å²) in [6, 6.07) is 2.96. The van der Waals surface area contributed by atoms with Gasteiger partial charge in [-0.3, -0.25) is 18.9 Å². The van der Waals surface area contributed by atoms with E-state index in [1.165, 1.54) is 23.8 Å². The van der Waals surface area contributed by atoms with Crippen LogP contribution in [0.25, 0.3) is 5.52 Å². The molecule has 4 N–H and O–H groups in total. The fourth-order valence-corrected chi connectivity index (χ4v) is 6.48. The molecule has 192 valence electrons. The quantitative estimate of drug-likeness (QED) is 0.150. The molecule has 0 aromatic carbocycles. The molecule has 0 radical (unpaired) electrons.